The largest absolute Gasteiger partial charge is 0.131 e. The van der Waals surface area contributed by atoms with E-state index in [9.17, 15) is 0 Å². The number of hydrogen-bond donors (Lipinski definition) is 0. The Morgan fingerprint density at radius 3 is 1.60 bits per heavy atom. The standard InChI is InChI=1S/C12H24S3/c1-3-5-7-9-11-13-12(15-14-11)10-8-6-4-2/h11-12H,3-10H2,1-2H3. The normalized spacial score (nSPS) is 26.0. The van der Waals surface area contributed by atoms with E-state index in [0.717, 1.165) is 9.16 Å². The van der Waals surface area contributed by atoms with Crippen LogP contribution in [0.15, 0.2) is 0 Å². The molecule has 1 saturated heterocycles. The van der Waals surface area contributed by atoms with Crippen molar-refractivity contribution < 1.29 is 0 Å². The van der Waals surface area contributed by atoms with Gasteiger partial charge in [-0.1, -0.05) is 74.0 Å². The highest BCUT2D eigenvalue weighted by molar-refractivity contribution is 8.82. The molecule has 1 aliphatic rings. The van der Waals surface area contributed by atoms with Crippen LogP contribution in [0, 0.1) is 0 Å². The van der Waals surface area contributed by atoms with Crippen LogP contribution in [0.2, 0.25) is 0 Å². The number of hydrogen-bond acceptors (Lipinski definition) is 3. The van der Waals surface area contributed by atoms with Gasteiger partial charge >= 0.3 is 0 Å². The van der Waals surface area contributed by atoms with Gasteiger partial charge in [0, 0.05) is 0 Å². The number of thioether (sulfide) groups is 1. The van der Waals surface area contributed by atoms with Gasteiger partial charge < -0.3 is 0 Å². The minimum absolute atomic E-state index is 0.896. The maximum atomic E-state index is 2.29. The molecule has 0 N–H and O–H groups in total. The van der Waals surface area contributed by atoms with E-state index in [1.54, 1.807) is 0 Å². The van der Waals surface area contributed by atoms with Crippen molar-refractivity contribution in [1.29, 1.82) is 0 Å². The predicted molar refractivity (Wildman–Crippen MR) is 78.6 cm³/mol. The molecule has 0 amide bonds. The SMILES string of the molecule is CCCCCC1SSC(CCCCC)S1. The van der Waals surface area contributed by atoms with E-state index in [0.29, 0.717) is 0 Å². The van der Waals surface area contributed by atoms with Crippen LogP contribution in [-0.2, 0) is 0 Å². The molecule has 0 radical (unpaired) electrons. The van der Waals surface area contributed by atoms with Crippen molar-refractivity contribution in [2.75, 3.05) is 0 Å². The van der Waals surface area contributed by atoms with Crippen molar-refractivity contribution in [2.45, 2.75) is 74.4 Å². The van der Waals surface area contributed by atoms with Gasteiger partial charge in [-0.2, -0.15) is 0 Å². The third kappa shape index (κ3) is 6.38. The third-order valence-electron chi connectivity index (χ3n) is 2.66. The van der Waals surface area contributed by atoms with Crippen LogP contribution in [0.3, 0.4) is 0 Å². The second kappa shape index (κ2) is 9.12. The Balaban J connectivity index is 1.99. The third-order valence-corrected chi connectivity index (χ3v) is 8.45. The van der Waals surface area contributed by atoms with E-state index in [1.807, 2.05) is 0 Å². The summed E-state index contributed by atoms with van der Waals surface area (Å²) in [6.07, 6.45) is 11.3. The molecule has 1 fully saturated rings. The van der Waals surface area contributed by atoms with Crippen molar-refractivity contribution in [3.05, 3.63) is 0 Å². The first-order valence-electron chi connectivity index (χ1n) is 6.34. The van der Waals surface area contributed by atoms with Crippen LogP contribution in [0.25, 0.3) is 0 Å². The average Bonchev–Trinajstić information content (AvgIpc) is 2.67. The van der Waals surface area contributed by atoms with Crippen molar-refractivity contribution in [3.8, 4) is 0 Å². The fourth-order valence-corrected chi connectivity index (χ4v) is 7.74. The fourth-order valence-electron chi connectivity index (χ4n) is 1.69. The highest BCUT2D eigenvalue weighted by Crippen LogP contribution is 2.54. The van der Waals surface area contributed by atoms with Gasteiger partial charge in [-0.05, 0) is 12.8 Å². The minimum Gasteiger partial charge on any atom is -0.131 e. The predicted octanol–water partition coefficient (Wildman–Crippen LogP) is 5.93. The Hall–Kier alpha value is 1.05. The molecule has 90 valence electrons. The first-order chi connectivity index (χ1) is 7.36. The molecule has 0 nitrogen and oxygen atoms in total. The van der Waals surface area contributed by atoms with Crippen LogP contribution in [0.4, 0.5) is 0 Å². The molecule has 2 unspecified atom stereocenters. The summed E-state index contributed by atoms with van der Waals surface area (Å²) in [5, 5.41) is 0. The molecule has 0 aromatic carbocycles. The molecule has 15 heavy (non-hydrogen) atoms. The van der Waals surface area contributed by atoms with Gasteiger partial charge in [0.15, 0.2) is 0 Å². The second-order valence-electron chi connectivity index (χ2n) is 4.18. The topological polar surface area (TPSA) is 0 Å². The Labute approximate surface area is 108 Å². The van der Waals surface area contributed by atoms with Crippen molar-refractivity contribution in [1.82, 2.24) is 0 Å². The van der Waals surface area contributed by atoms with Gasteiger partial charge in [0.2, 0.25) is 0 Å². The number of unbranched alkanes of at least 4 members (excludes halogenated alkanes) is 4. The van der Waals surface area contributed by atoms with Crippen molar-refractivity contribution >= 4 is 33.3 Å². The Morgan fingerprint density at radius 1 is 0.733 bits per heavy atom. The lowest BCUT2D eigenvalue weighted by Gasteiger charge is -2.08. The molecule has 0 saturated carbocycles. The zero-order valence-corrected chi connectivity index (χ0v) is 12.5. The van der Waals surface area contributed by atoms with Crippen LogP contribution in [0.5, 0.6) is 0 Å². The molecule has 1 heterocycles. The summed E-state index contributed by atoms with van der Waals surface area (Å²) in [6.45, 7) is 4.58. The van der Waals surface area contributed by atoms with E-state index in [2.05, 4.69) is 47.2 Å². The molecular weight excluding hydrogens is 240 g/mol. The van der Waals surface area contributed by atoms with Crippen molar-refractivity contribution in [3.63, 3.8) is 0 Å². The molecule has 0 bridgehead atoms. The maximum Gasteiger partial charge on any atom is 0.0617 e. The Kier molecular flexibility index (Phi) is 8.58. The first-order valence-corrected chi connectivity index (χ1v) is 9.56. The zero-order valence-electron chi connectivity index (χ0n) is 10.0. The monoisotopic (exact) mass is 264 g/mol. The lowest BCUT2D eigenvalue weighted by atomic mass is 10.2. The quantitative estimate of drug-likeness (QED) is 0.394. The summed E-state index contributed by atoms with van der Waals surface area (Å²) in [5.74, 6) is 0. The summed E-state index contributed by atoms with van der Waals surface area (Å²) in [4.78, 5) is 0. The average molecular weight is 265 g/mol. The van der Waals surface area contributed by atoms with Gasteiger partial charge in [0.25, 0.3) is 0 Å². The molecule has 0 spiro atoms. The molecule has 3 heteroatoms. The van der Waals surface area contributed by atoms with E-state index in [1.165, 1.54) is 51.4 Å². The van der Waals surface area contributed by atoms with Crippen LogP contribution < -0.4 is 0 Å². The second-order valence-corrected chi connectivity index (χ2v) is 8.86. The van der Waals surface area contributed by atoms with E-state index in [4.69, 9.17) is 0 Å². The molecule has 0 aromatic rings. The minimum atomic E-state index is 0.896. The van der Waals surface area contributed by atoms with E-state index in [-0.39, 0.29) is 0 Å². The molecular formula is C12H24S3. The van der Waals surface area contributed by atoms with Crippen LogP contribution >= 0.6 is 33.3 Å². The summed E-state index contributed by atoms with van der Waals surface area (Å²) in [7, 11) is 4.28. The van der Waals surface area contributed by atoms with Crippen LogP contribution in [0.1, 0.15) is 65.2 Å². The van der Waals surface area contributed by atoms with Gasteiger partial charge in [0.1, 0.15) is 0 Å². The van der Waals surface area contributed by atoms with Gasteiger partial charge in [-0.15, -0.1) is 11.8 Å². The lowest BCUT2D eigenvalue weighted by molar-refractivity contribution is 0.690. The summed E-state index contributed by atoms with van der Waals surface area (Å²) in [5.41, 5.74) is 0. The summed E-state index contributed by atoms with van der Waals surface area (Å²) >= 11 is 2.24. The molecule has 1 rings (SSSR count). The van der Waals surface area contributed by atoms with Gasteiger partial charge in [-0.3, -0.25) is 0 Å². The summed E-state index contributed by atoms with van der Waals surface area (Å²) < 4.78 is 1.79. The smallest absolute Gasteiger partial charge is 0.0617 e. The fraction of sp³-hybridized carbons (Fsp3) is 1.00. The van der Waals surface area contributed by atoms with E-state index >= 15 is 0 Å². The maximum absolute atomic E-state index is 2.29. The van der Waals surface area contributed by atoms with Gasteiger partial charge in [-0.25, -0.2) is 0 Å². The lowest BCUT2D eigenvalue weighted by Crippen LogP contribution is -1.96. The highest BCUT2D eigenvalue weighted by Gasteiger charge is 2.25. The van der Waals surface area contributed by atoms with Crippen molar-refractivity contribution in [2.24, 2.45) is 0 Å². The van der Waals surface area contributed by atoms with E-state index < -0.39 is 0 Å². The first kappa shape index (κ1) is 14.1. The Morgan fingerprint density at radius 2 is 1.20 bits per heavy atom. The molecule has 2 atom stereocenters. The highest BCUT2D eigenvalue weighted by atomic mass is 33.1. The number of rotatable bonds is 8. The zero-order chi connectivity index (χ0) is 10.9. The molecule has 1 aliphatic heterocycles. The molecule has 0 aliphatic carbocycles. The van der Waals surface area contributed by atoms with Gasteiger partial charge in [0.05, 0.1) is 9.16 Å². The van der Waals surface area contributed by atoms with Crippen LogP contribution in [-0.4, -0.2) is 9.16 Å². The Bertz CT molecular complexity index is 134. The molecule has 0 aromatic heterocycles. The summed E-state index contributed by atoms with van der Waals surface area (Å²) in [6, 6.07) is 0.